The molecular formula is C18H17N3O. The van der Waals surface area contributed by atoms with Crippen molar-refractivity contribution in [3.8, 4) is 5.75 Å². The minimum absolute atomic E-state index is 0.682. The number of aromatic nitrogens is 3. The molecule has 0 aliphatic heterocycles. The molecule has 110 valence electrons. The van der Waals surface area contributed by atoms with Crippen molar-refractivity contribution >= 4 is 12.2 Å². The molecule has 0 atom stereocenters. The van der Waals surface area contributed by atoms with E-state index in [2.05, 4.69) is 27.3 Å². The molecule has 22 heavy (non-hydrogen) atoms. The molecule has 1 aromatic heterocycles. The van der Waals surface area contributed by atoms with Crippen LogP contribution in [0.25, 0.3) is 12.2 Å². The molecule has 0 bridgehead atoms. The Morgan fingerprint density at radius 3 is 2.50 bits per heavy atom. The van der Waals surface area contributed by atoms with Crippen molar-refractivity contribution in [2.75, 3.05) is 7.11 Å². The summed E-state index contributed by atoms with van der Waals surface area (Å²) in [6.07, 6.45) is 4.63. The number of methoxy groups -OCH3 is 1. The van der Waals surface area contributed by atoms with Gasteiger partial charge in [0.1, 0.15) is 11.6 Å². The number of hydrogen-bond acceptors (Lipinski definition) is 3. The molecular weight excluding hydrogens is 274 g/mol. The average molecular weight is 291 g/mol. The van der Waals surface area contributed by atoms with Crippen LogP contribution in [0.4, 0.5) is 0 Å². The fraction of sp³-hybridized carbons (Fsp3) is 0.111. The first-order valence-electron chi connectivity index (χ1n) is 7.11. The maximum absolute atomic E-state index is 5.14. The largest absolute Gasteiger partial charge is 0.497 e. The lowest BCUT2D eigenvalue weighted by molar-refractivity contribution is 0.415. The highest BCUT2D eigenvalue weighted by atomic mass is 16.5. The molecule has 0 aliphatic rings. The third kappa shape index (κ3) is 3.61. The fourth-order valence-electron chi connectivity index (χ4n) is 2.14. The SMILES string of the molecule is COc1ccc(/C=C/c2n[nH]c(Cc3ccccc3)n2)cc1. The first-order valence-corrected chi connectivity index (χ1v) is 7.11. The summed E-state index contributed by atoms with van der Waals surface area (Å²) >= 11 is 0. The smallest absolute Gasteiger partial charge is 0.173 e. The van der Waals surface area contributed by atoms with Gasteiger partial charge in [-0.25, -0.2) is 4.98 Å². The molecule has 0 saturated carbocycles. The molecule has 1 heterocycles. The van der Waals surface area contributed by atoms with E-state index >= 15 is 0 Å². The lowest BCUT2D eigenvalue weighted by Crippen LogP contribution is -1.90. The highest BCUT2D eigenvalue weighted by Gasteiger charge is 2.01. The topological polar surface area (TPSA) is 50.8 Å². The molecule has 0 unspecified atom stereocenters. The Bertz CT molecular complexity index is 746. The van der Waals surface area contributed by atoms with Gasteiger partial charge in [0.2, 0.25) is 0 Å². The summed E-state index contributed by atoms with van der Waals surface area (Å²) in [6.45, 7) is 0. The van der Waals surface area contributed by atoms with Crippen molar-refractivity contribution < 1.29 is 4.74 Å². The predicted octanol–water partition coefficient (Wildman–Crippen LogP) is 3.57. The number of nitrogens with zero attached hydrogens (tertiary/aromatic N) is 2. The summed E-state index contributed by atoms with van der Waals surface area (Å²) in [7, 11) is 1.66. The van der Waals surface area contributed by atoms with E-state index in [4.69, 9.17) is 4.74 Å². The van der Waals surface area contributed by atoms with Gasteiger partial charge >= 0.3 is 0 Å². The Hall–Kier alpha value is -2.88. The van der Waals surface area contributed by atoms with Crippen LogP contribution in [0.2, 0.25) is 0 Å². The van der Waals surface area contributed by atoms with E-state index in [-0.39, 0.29) is 0 Å². The minimum Gasteiger partial charge on any atom is -0.497 e. The van der Waals surface area contributed by atoms with Crippen LogP contribution in [-0.2, 0) is 6.42 Å². The normalized spacial score (nSPS) is 11.0. The van der Waals surface area contributed by atoms with E-state index in [9.17, 15) is 0 Å². The number of hydrogen-bond donors (Lipinski definition) is 1. The molecule has 0 radical (unpaired) electrons. The second-order valence-electron chi connectivity index (χ2n) is 4.91. The van der Waals surface area contributed by atoms with Crippen LogP contribution in [0.1, 0.15) is 22.8 Å². The molecule has 2 aromatic carbocycles. The zero-order valence-corrected chi connectivity index (χ0v) is 12.4. The van der Waals surface area contributed by atoms with E-state index < -0.39 is 0 Å². The van der Waals surface area contributed by atoms with Gasteiger partial charge in [-0.3, -0.25) is 5.10 Å². The van der Waals surface area contributed by atoms with E-state index in [0.717, 1.165) is 23.6 Å². The molecule has 0 fully saturated rings. The number of nitrogens with one attached hydrogen (secondary N) is 1. The minimum atomic E-state index is 0.682. The number of aromatic amines is 1. The first kappa shape index (κ1) is 14.1. The van der Waals surface area contributed by atoms with Crippen LogP contribution in [0, 0.1) is 0 Å². The van der Waals surface area contributed by atoms with Crippen LogP contribution in [0.3, 0.4) is 0 Å². The lowest BCUT2D eigenvalue weighted by Gasteiger charge is -1.98. The third-order valence-corrected chi connectivity index (χ3v) is 3.30. The molecule has 3 aromatic rings. The lowest BCUT2D eigenvalue weighted by atomic mass is 10.1. The van der Waals surface area contributed by atoms with Crippen LogP contribution >= 0.6 is 0 Å². The number of ether oxygens (including phenoxy) is 1. The summed E-state index contributed by atoms with van der Waals surface area (Å²) in [5, 5.41) is 7.19. The zero-order chi connectivity index (χ0) is 15.2. The Morgan fingerprint density at radius 1 is 1.00 bits per heavy atom. The predicted molar refractivity (Wildman–Crippen MR) is 87.6 cm³/mol. The summed E-state index contributed by atoms with van der Waals surface area (Å²) in [6, 6.07) is 18.1. The maximum atomic E-state index is 5.14. The maximum Gasteiger partial charge on any atom is 0.173 e. The van der Waals surface area contributed by atoms with Gasteiger partial charge < -0.3 is 4.74 Å². The van der Waals surface area contributed by atoms with Crippen molar-refractivity contribution in [1.29, 1.82) is 0 Å². The van der Waals surface area contributed by atoms with E-state index in [1.165, 1.54) is 5.56 Å². The Kier molecular flexibility index (Phi) is 4.30. The van der Waals surface area contributed by atoms with Crippen molar-refractivity contribution in [2.45, 2.75) is 6.42 Å². The van der Waals surface area contributed by atoms with Gasteiger partial charge in [0.05, 0.1) is 7.11 Å². The van der Waals surface area contributed by atoms with Gasteiger partial charge in [0.25, 0.3) is 0 Å². The molecule has 4 heteroatoms. The van der Waals surface area contributed by atoms with Crippen molar-refractivity contribution in [3.05, 3.63) is 77.4 Å². The van der Waals surface area contributed by atoms with Gasteiger partial charge in [-0.05, 0) is 29.3 Å². The number of H-pyrrole nitrogens is 1. The Morgan fingerprint density at radius 2 is 1.77 bits per heavy atom. The summed E-state index contributed by atoms with van der Waals surface area (Å²) in [4.78, 5) is 4.48. The van der Waals surface area contributed by atoms with Gasteiger partial charge in [-0.2, -0.15) is 5.10 Å². The summed E-state index contributed by atoms with van der Waals surface area (Å²) in [5.74, 6) is 2.39. The van der Waals surface area contributed by atoms with E-state index in [0.29, 0.717) is 5.82 Å². The summed E-state index contributed by atoms with van der Waals surface area (Å²) < 4.78 is 5.14. The quantitative estimate of drug-likeness (QED) is 0.781. The molecule has 0 amide bonds. The van der Waals surface area contributed by atoms with Gasteiger partial charge in [0, 0.05) is 6.42 Å². The molecule has 0 aliphatic carbocycles. The molecule has 0 saturated heterocycles. The van der Waals surface area contributed by atoms with Crippen LogP contribution in [0.15, 0.2) is 54.6 Å². The van der Waals surface area contributed by atoms with E-state index in [1.54, 1.807) is 7.11 Å². The van der Waals surface area contributed by atoms with Crippen LogP contribution < -0.4 is 4.74 Å². The second-order valence-corrected chi connectivity index (χ2v) is 4.91. The fourth-order valence-corrected chi connectivity index (χ4v) is 2.14. The van der Waals surface area contributed by atoms with Crippen LogP contribution in [-0.4, -0.2) is 22.3 Å². The standard InChI is InChI=1S/C18H17N3O/c1-22-16-10-7-14(8-11-16)9-12-17-19-18(21-20-17)13-15-5-3-2-4-6-15/h2-12H,13H2,1H3,(H,19,20,21)/b12-9+. The molecule has 4 nitrogen and oxygen atoms in total. The molecule has 0 spiro atoms. The van der Waals surface area contributed by atoms with Crippen molar-refractivity contribution in [1.82, 2.24) is 15.2 Å². The second kappa shape index (κ2) is 6.72. The number of rotatable bonds is 5. The van der Waals surface area contributed by atoms with Gasteiger partial charge in [0.15, 0.2) is 5.82 Å². The number of benzene rings is 2. The Labute approximate surface area is 129 Å². The molecule has 3 rings (SSSR count). The molecule has 1 N–H and O–H groups in total. The van der Waals surface area contributed by atoms with Gasteiger partial charge in [-0.1, -0.05) is 48.5 Å². The zero-order valence-electron chi connectivity index (χ0n) is 12.4. The third-order valence-electron chi connectivity index (χ3n) is 3.30. The average Bonchev–Trinajstić information content (AvgIpc) is 3.02. The highest BCUT2D eigenvalue weighted by molar-refractivity contribution is 5.66. The summed E-state index contributed by atoms with van der Waals surface area (Å²) in [5.41, 5.74) is 2.29. The first-order chi connectivity index (χ1) is 10.8. The van der Waals surface area contributed by atoms with Gasteiger partial charge in [-0.15, -0.1) is 0 Å². The monoisotopic (exact) mass is 291 g/mol. The highest BCUT2D eigenvalue weighted by Crippen LogP contribution is 2.13. The van der Waals surface area contributed by atoms with Crippen molar-refractivity contribution in [3.63, 3.8) is 0 Å². The Balaban J connectivity index is 1.67. The van der Waals surface area contributed by atoms with E-state index in [1.807, 2.05) is 54.6 Å². The van der Waals surface area contributed by atoms with Crippen molar-refractivity contribution in [2.24, 2.45) is 0 Å². The van der Waals surface area contributed by atoms with Crippen LogP contribution in [0.5, 0.6) is 5.75 Å².